The first-order valence-electron chi connectivity index (χ1n) is 8.80. The Morgan fingerprint density at radius 1 is 0.545 bits per heavy atom. The molecule has 0 aromatic carbocycles. The topological polar surface area (TPSA) is 113 Å². The van der Waals surface area contributed by atoms with E-state index in [1.54, 1.807) is 0 Å². The zero-order chi connectivity index (χ0) is 26.1. The Bertz CT molecular complexity index is 712. The molecule has 2 aliphatic rings. The molecule has 2 atom stereocenters. The molecule has 0 radical (unpaired) electrons. The van der Waals surface area contributed by atoms with Crippen LogP contribution < -0.4 is 22.9 Å². The maximum Gasteiger partial charge on any atom is 0.406 e. The van der Waals surface area contributed by atoms with Crippen LogP contribution in [0.25, 0.3) is 0 Å². The van der Waals surface area contributed by atoms with Crippen LogP contribution in [0.2, 0.25) is 0 Å². The van der Waals surface area contributed by atoms with Gasteiger partial charge in [0.15, 0.2) is 10.8 Å². The molecule has 192 valence electrons. The number of nitrogens with two attached hydrogens (primary N) is 4. The average molecular weight is 510 g/mol. The summed E-state index contributed by atoms with van der Waals surface area (Å²) in [4.78, 5) is 0. The first kappa shape index (κ1) is 27.7. The Balaban J connectivity index is 2.77. The third-order valence-electron chi connectivity index (χ3n) is 5.62. The third kappa shape index (κ3) is 4.44. The lowest BCUT2D eigenvalue weighted by Gasteiger charge is -2.52. The second-order valence-corrected chi connectivity index (χ2v) is 8.21. The highest BCUT2D eigenvalue weighted by Gasteiger charge is 2.79. The van der Waals surface area contributed by atoms with E-state index in [1.165, 1.54) is 0 Å². The van der Waals surface area contributed by atoms with E-state index in [0.717, 1.165) is 0 Å². The van der Waals surface area contributed by atoms with Gasteiger partial charge in [0.25, 0.3) is 0 Å². The number of ether oxygens (including phenoxy) is 1. The van der Waals surface area contributed by atoms with E-state index in [9.17, 15) is 52.7 Å². The van der Waals surface area contributed by atoms with Crippen molar-refractivity contribution in [1.82, 2.24) is 0 Å². The molecule has 5 nitrogen and oxygen atoms in total. The van der Waals surface area contributed by atoms with Crippen molar-refractivity contribution in [3.05, 3.63) is 24.3 Å². The van der Waals surface area contributed by atoms with Crippen LogP contribution in [0, 0.1) is 10.8 Å². The van der Waals surface area contributed by atoms with Gasteiger partial charge in [0.2, 0.25) is 0 Å². The summed E-state index contributed by atoms with van der Waals surface area (Å²) in [7, 11) is 0. The summed E-state index contributed by atoms with van der Waals surface area (Å²) in [6, 6.07) is 0. The minimum atomic E-state index is -6.30. The molecule has 0 spiro atoms. The van der Waals surface area contributed by atoms with E-state index >= 15 is 0 Å². The van der Waals surface area contributed by atoms with Crippen LogP contribution in [0.3, 0.4) is 0 Å². The molecule has 0 saturated carbocycles. The number of alkyl halides is 12. The van der Waals surface area contributed by atoms with Crippen molar-refractivity contribution < 1.29 is 57.4 Å². The van der Waals surface area contributed by atoms with Crippen LogP contribution in [0.15, 0.2) is 24.3 Å². The van der Waals surface area contributed by atoms with Gasteiger partial charge in [-0.2, -0.15) is 52.7 Å². The van der Waals surface area contributed by atoms with E-state index in [2.05, 4.69) is 4.74 Å². The van der Waals surface area contributed by atoms with Gasteiger partial charge in [0.1, 0.15) is 0 Å². The molecular weight excluding hydrogens is 492 g/mol. The number of halogens is 12. The molecule has 0 fully saturated rings. The van der Waals surface area contributed by atoms with Crippen molar-refractivity contribution in [2.75, 3.05) is 0 Å². The second-order valence-electron chi connectivity index (χ2n) is 8.21. The lowest BCUT2D eigenvalue weighted by molar-refractivity contribution is -0.397. The average Bonchev–Trinajstić information content (AvgIpc) is 2.52. The van der Waals surface area contributed by atoms with Crippen molar-refractivity contribution in [3.63, 3.8) is 0 Å². The standard InChI is InChI=1S/C16H18F12N4O/c17-13(18,19)11(14(20,21)22)5-9(29,30)3-1-7(11)33-8-2-4-10(31,32)6-12(8,15(23,24)25)16(26,27)28/h1-4,7-8H,5-6,29-32H2. The van der Waals surface area contributed by atoms with Gasteiger partial charge in [-0.1, -0.05) is 24.3 Å². The van der Waals surface area contributed by atoms with Crippen molar-refractivity contribution in [2.24, 2.45) is 33.8 Å². The summed E-state index contributed by atoms with van der Waals surface area (Å²) in [6.07, 6.45) is -35.7. The maximum absolute atomic E-state index is 13.8. The summed E-state index contributed by atoms with van der Waals surface area (Å²) in [5, 5.41) is 0. The number of hydrogen-bond acceptors (Lipinski definition) is 5. The molecule has 0 aromatic heterocycles. The predicted molar refractivity (Wildman–Crippen MR) is 87.5 cm³/mol. The molecule has 0 aliphatic heterocycles. The quantitative estimate of drug-likeness (QED) is 0.259. The van der Waals surface area contributed by atoms with Crippen LogP contribution >= 0.6 is 0 Å². The maximum atomic E-state index is 13.8. The largest absolute Gasteiger partial charge is 0.406 e. The summed E-state index contributed by atoms with van der Waals surface area (Å²) >= 11 is 0. The highest BCUT2D eigenvalue weighted by atomic mass is 19.4. The zero-order valence-corrected chi connectivity index (χ0v) is 16.1. The van der Waals surface area contributed by atoms with Gasteiger partial charge in [-0.15, -0.1) is 0 Å². The normalized spacial score (nSPS) is 29.2. The lowest BCUT2D eigenvalue weighted by Crippen LogP contribution is -2.70. The first-order valence-corrected chi connectivity index (χ1v) is 8.80. The number of rotatable bonds is 2. The Morgan fingerprint density at radius 2 is 0.788 bits per heavy atom. The van der Waals surface area contributed by atoms with Gasteiger partial charge >= 0.3 is 24.7 Å². The smallest absolute Gasteiger partial charge is 0.364 e. The van der Waals surface area contributed by atoms with Crippen LogP contribution in [-0.4, -0.2) is 48.2 Å². The van der Waals surface area contributed by atoms with E-state index in [0.29, 0.717) is 12.2 Å². The van der Waals surface area contributed by atoms with Crippen molar-refractivity contribution in [3.8, 4) is 0 Å². The molecule has 0 saturated heterocycles. The fraction of sp³-hybridized carbons (Fsp3) is 0.750. The molecule has 0 bridgehead atoms. The van der Waals surface area contributed by atoms with Gasteiger partial charge in [0, 0.05) is 12.8 Å². The fourth-order valence-electron chi connectivity index (χ4n) is 4.00. The predicted octanol–water partition coefficient (Wildman–Crippen LogP) is 3.11. The number of hydrogen-bond donors (Lipinski definition) is 4. The van der Waals surface area contributed by atoms with E-state index in [-0.39, 0.29) is 12.2 Å². The van der Waals surface area contributed by atoms with Crippen LogP contribution in [0.1, 0.15) is 12.8 Å². The van der Waals surface area contributed by atoms with Crippen molar-refractivity contribution >= 4 is 0 Å². The van der Waals surface area contributed by atoms with Gasteiger partial charge in [-0.3, -0.25) is 0 Å². The zero-order valence-electron chi connectivity index (χ0n) is 16.1. The summed E-state index contributed by atoms with van der Waals surface area (Å²) in [5.41, 5.74) is 5.20. The Labute approximate surface area is 177 Å². The monoisotopic (exact) mass is 510 g/mol. The highest BCUT2D eigenvalue weighted by Crippen LogP contribution is 2.62. The highest BCUT2D eigenvalue weighted by molar-refractivity contribution is 5.24. The second kappa shape index (κ2) is 7.47. The molecule has 0 heterocycles. The Morgan fingerprint density at radius 3 is 1.00 bits per heavy atom. The van der Waals surface area contributed by atoms with Crippen LogP contribution in [0.4, 0.5) is 52.7 Å². The van der Waals surface area contributed by atoms with Gasteiger partial charge in [-0.25, -0.2) is 0 Å². The van der Waals surface area contributed by atoms with E-state index in [4.69, 9.17) is 22.9 Å². The molecule has 2 rings (SSSR count). The molecule has 33 heavy (non-hydrogen) atoms. The van der Waals surface area contributed by atoms with E-state index in [1.807, 2.05) is 0 Å². The minimum Gasteiger partial charge on any atom is -0.364 e. The van der Waals surface area contributed by atoms with E-state index < -0.39 is 71.9 Å². The molecule has 17 heteroatoms. The fourth-order valence-corrected chi connectivity index (χ4v) is 4.00. The molecule has 8 N–H and O–H groups in total. The van der Waals surface area contributed by atoms with Crippen molar-refractivity contribution in [2.45, 2.75) is 61.1 Å². The van der Waals surface area contributed by atoms with Gasteiger partial charge < -0.3 is 27.7 Å². The lowest BCUT2D eigenvalue weighted by atomic mass is 9.67. The Kier molecular flexibility index (Phi) is 6.26. The first-order chi connectivity index (χ1) is 14.3. The van der Waals surface area contributed by atoms with Crippen LogP contribution in [-0.2, 0) is 4.74 Å². The van der Waals surface area contributed by atoms with Crippen LogP contribution in [0.5, 0.6) is 0 Å². The summed E-state index contributed by atoms with van der Waals surface area (Å²) in [6.45, 7) is 0. The minimum absolute atomic E-state index is 0.0530. The summed E-state index contributed by atoms with van der Waals surface area (Å²) in [5.74, 6) is 0. The van der Waals surface area contributed by atoms with Gasteiger partial charge in [-0.05, 0) is 0 Å². The third-order valence-corrected chi connectivity index (χ3v) is 5.62. The molecule has 2 aliphatic carbocycles. The molecule has 0 amide bonds. The molecule has 0 aromatic rings. The summed E-state index contributed by atoms with van der Waals surface area (Å²) < 4.78 is 170. The Hall–Kier alpha value is -1.56. The SMILES string of the molecule is NC1(N)C=CC(OC2C=CC(N)(N)CC2(C(F)(F)F)C(F)(F)F)C(C(F)(F)F)(C(F)(F)F)C1. The van der Waals surface area contributed by atoms with Gasteiger partial charge in [0.05, 0.1) is 23.5 Å². The van der Waals surface area contributed by atoms with Crippen molar-refractivity contribution in [1.29, 1.82) is 0 Å². The molecule has 2 unspecified atom stereocenters. The molecular formula is C16H18F12N4O.